The van der Waals surface area contributed by atoms with Gasteiger partial charge in [0.25, 0.3) is 0 Å². The van der Waals surface area contributed by atoms with Gasteiger partial charge in [0.1, 0.15) is 6.07 Å². The van der Waals surface area contributed by atoms with Crippen molar-refractivity contribution in [1.29, 1.82) is 5.26 Å². The first-order valence-electron chi connectivity index (χ1n) is 19.0. The molecule has 0 spiro atoms. The number of nitriles is 1. The Hall–Kier alpha value is -7.57. The largest absolute Gasteiger partial charge is 0.417 e. The average molecular weight is 798 g/mol. The lowest BCUT2D eigenvalue weighted by Crippen LogP contribution is -2.15. The van der Waals surface area contributed by atoms with Crippen molar-refractivity contribution in [2.75, 3.05) is 0 Å². The summed E-state index contributed by atoms with van der Waals surface area (Å²) in [7, 11) is 0. The summed E-state index contributed by atoms with van der Waals surface area (Å²) in [5, 5.41) is 14.1. The molecule has 2 heterocycles. The highest BCUT2D eigenvalue weighted by Crippen LogP contribution is 2.49. The molecule has 0 fully saturated rings. The summed E-state index contributed by atoms with van der Waals surface area (Å²) in [6.07, 6.45) is -10.4. The molecule has 0 atom stereocenters. The Labute approximate surface area is 339 Å². The molecule has 0 N–H and O–H groups in total. The zero-order chi connectivity index (χ0) is 41.3. The summed E-state index contributed by atoms with van der Waals surface area (Å²) in [6, 6.07) is 52.5. The number of alkyl halides is 6. The third-order valence-corrected chi connectivity index (χ3v) is 11.2. The second kappa shape index (κ2) is 13.8. The summed E-state index contributed by atoms with van der Waals surface area (Å²) in [5.41, 5.74) is 1.60. The highest BCUT2D eigenvalue weighted by Gasteiger charge is 2.42. The first-order chi connectivity index (χ1) is 29.0. The quantitative estimate of drug-likeness (QED) is 0.160. The molecule has 0 saturated carbocycles. The standard InChI is InChI=1S/C51H29F6N3/c52-50(53,54)41-18-11-19-42(51(55,56)57)49(41)40-29-45(59-43-20-9-7-16-36(43)38-24-22-33(26-46(38)59)31-12-3-1-4-13-31)35(30-58)28-48(40)60-44-21-10-8-17-37(44)39-25-23-34(27-47(39)60)32-14-5-2-6-15-32/h1-29H. The van der Waals surface area contributed by atoms with Gasteiger partial charge in [-0.3, -0.25) is 0 Å². The van der Waals surface area contributed by atoms with E-state index in [1.807, 2.05) is 127 Å². The Morgan fingerprint density at radius 1 is 0.383 bits per heavy atom. The van der Waals surface area contributed by atoms with E-state index < -0.39 is 29.0 Å². The van der Waals surface area contributed by atoms with Crippen LogP contribution in [0.5, 0.6) is 0 Å². The molecule has 60 heavy (non-hydrogen) atoms. The minimum atomic E-state index is -5.18. The van der Waals surface area contributed by atoms with Crippen LogP contribution in [0, 0.1) is 11.3 Å². The molecule has 0 saturated heterocycles. The van der Waals surface area contributed by atoms with Crippen LogP contribution in [0.15, 0.2) is 176 Å². The molecule has 3 nitrogen and oxygen atoms in total. The van der Waals surface area contributed by atoms with Crippen molar-refractivity contribution >= 4 is 43.6 Å². The maximum Gasteiger partial charge on any atom is 0.417 e. The van der Waals surface area contributed by atoms with Crippen molar-refractivity contribution in [2.45, 2.75) is 12.4 Å². The van der Waals surface area contributed by atoms with E-state index in [4.69, 9.17) is 0 Å². The molecule has 0 bridgehead atoms. The van der Waals surface area contributed by atoms with Crippen LogP contribution in [0.4, 0.5) is 26.3 Å². The van der Waals surface area contributed by atoms with Crippen LogP contribution >= 0.6 is 0 Å². The molecule has 0 aliphatic heterocycles. The fourth-order valence-corrected chi connectivity index (χ4v) is 8.63. The zero-order valence-corrected chi connectivity index (χ0v) is 31.4. The number of aromatic nitrogens is 2. The molecule has 290 valence electrons. The van der Waals surface area contributed by atoms with Crippen LogP contribution in [0.25, 0.3) is 88.4 Å². The van der Waals surface area contributed by atoms with Gasteiger partial charge in [-0.1, -0.05) is 127 Å². The van der Waals surface area contributed by atoms with E-state index in [1.54, 1.807) is 27.3 Å². The summed E-state index contributed by atoms with van der Waals surface area (Å²) in [5.74, 6) is 0. The van der Waals surface area contributed by atoms with E-state index in [9.17, 15) is 5.26 Å². The third-order valence-electron chi connectivity index (χ3n) is 11.2. The Morgan fingerprint density at radius 3 is 1.28 bits per heavy atom. The Kier molecular flexibility index (Phi) is 8.44. The van der Waals surface area contributed by atoms with Crippen molar-refractivity contribution in [1.82, 2.24) is 9.13 Å². The van der Waals surface area contributed by atoms with Gasteiger partial charge < -0.3 is 9.13 Å². The van der Waals surface area contributed by atoms with Crippen LogP contribution in [0.1, 0.15) is 16.7 Å². The van der Waals surface area contributed by atoms with Crippen LogP contribution in [0.2, 0.25) is 0 Å². The van der Waals surface area contributed by atoms with Crippen LogP contribution in [-0.4, -0.2) is 9.13 Å². The first-order valence-corrected chi connectivity index (χ1v) is 19.0. The number of fused-ring (bicyclic) bond motifs is 6. The Balaban J connectivity index is 1.38. The normalized spacial score (nSPS) is 12.2. The molecule has 10 rings (SSSR count). The van der Waals surface area contributed by atoms with Crippen molar-refractivity contribution in [3.05, 3.63) is 193 Å². The van der Waals surface area contributed by atoms with Gasteiger partial charge in [-0.25, -0.2) is 0 Å². The fourth-order valence-electron chi connectivity index (χ4n) is 8.63. The van der Waals surface area contributed by atoms with Crippen molar-refractivity contribution in [2.24, 2.45) is 0 Å². The molecule has 2 aromatic heterocycles. The molecule has 8 aromatic carbocycles. The maximum absolute atomic E-state index is 15.2. The molecule has 0 aliphatic carbocycles. The van der Waals surface area contributed by atoms with Gasteiger partial charge in [0, 0.05) is 32.7 Å². The lowest BCUT2D eigenvalue weighted by Gasteiger charge is -2.24. The van der Waals surface area contributed by atoms with Gasteiger partial charge in [0.15, 0.2) is 0 Å². The smallest absolute Gasteiger partial charge is 0.309 e. The third kappa shape index (κ3) is 5.91. The highest BCUT2D eigenvalue weighted by atomic mass is 19.4. The van der Waals surface area contributed by atoms with Gasteiger partial charge in [-0.2, -0.15) is 31.6 Å². The van der Waals surface area contributed by atoms with Gasteiger partial charge in [0.05, 0.1) is 50.1 Å². The molecule has 0 aliphatic rings. The number of benzene rings is 8. The molecular weight excluding hydrogens is 769 g/mol. The average Bonchev–Trinajstić information content (AvgIpc) is 3.77. The second-order valence-electron chi connectivity index (χ2n) is 14.6. The molecule has 10 aromatic rings. The topological polar surface area (TPSA) is 33.6 Å². The summed E-state index contributed by atoms with van der Waals surface area (Å²) < 4.78 is 94.9. The highest BCUT2D eigenvalue weighted by molar-refractivity contribution is 6.12. The summed E-state index contributed by atoms with van der Waals surface area (Å²) >= 11 is 0. The lowest BCUT2D eigenvalue weighted by atomic mass is 9.90. The van der Waals surface area contributed by atoms with E-state index in [0.29, 0.717) is 34.2 Å². The van der Waals surface area contributed by atoms with E-state index in [2.05, 4.69) is 6.07 Å². The number of hydrogen-bond acceptors (Lipinski definition) is 1. The number of rotatable bonds is 5. The van der Waals surface area contributed by atoms with Gasteiger partial charge >= 0.3 is 12.4 Å². The van der Waals surface area contributed by atoms with Crippen LogP contribution in [-0.2, 0) is 12.4 Å². The SMILES string of the molecule is N#Cc1cc(-n2c3ccccc3c3ccc(-c4ccccc4)cc32)c(-c2c(C(F)(F)F)cccc2C(F)(F)F)cc1-n1c2ccccc2c2ccc(-c3ccccc3)cc21. The van der Waals surface area contributed by atoms with Crippen molar-refractivity contribution < 1.29 is 26.3 Å². The van der Waals surface area contributed by atoms with E-state index in [1.165, 1.54) is 12.1 Å². The van der Waals surface area contributed by atoms with Gasteiger partial charge in [-0.15, -0.1) is 0 Å². The predicted molar refractivity (Wildman–Crippen MR) is 226 cm³/mol. The predicted octanol–water partition coefficient (Wildman–Crippen LogP) is 14.8. The number of para-hydroxylation sites is 2. The van der Waals surface area contributed by atoms with E-state index in [0.717, 1.165) is 49.9 Å². The van der Waals surface area contributed by atoms with Crippen molar-refractivity contribution in [3.63, 3.8) is 0 Å². The van der Waals surface area contributed by atoms with Gasteiger partial charge in [0.2, 0.25) is 0 Å². The molecule has 0 amide bonds. The number of nitrogens with zero attached hydrogens (tertiary/aromatic N) is 3. The second-order valence-corrected chi connectivity index (χ2v) is 14.6. The lowest BCUT2D eigenvalue weighted by molar-refractivity contribution is -0.142. The Morgan fingerprint density at radius 2 is 0.817 bits per heavy atom. The van der Waals surface area contributed by atoms with Crippen LogP contribution < -0.4 is 0 Å². The first kappa shape index (κ1) is 36.7. The van der Waals surface area contributed by atoms with Crippen molar-refractivity contribution in [3.8, 4) is 50.8 Å². The molecule has 0 radical (unpaired) electrons. The molecule has 0 unspecified atom stereocenters. The van der Waals surface area contributed by atoms with Crippen LogP contribution in [0.3, 0.4) is 0 Å². The molecular formula is C51H29F6N3. The molecule has 9 heteroatoms. The Bertz CT molecular complexity index is 3320. The fraction of sp³-hybridized carbons (Fsp3) is 0.0392. The maximum atomic E-state index is 15.2. The summed E-state index contributed by atoms with van der Waals surface area (Å²) in [6.45, 7) is 0. The van der Waals surface area contributed by atoms with Gasteiger partial charge in [-0.05, 0) is 70.8 Å². The number of halogens is 6. The summed E-state index contributed by atoms with van der Waals surface area (Å²) in [4.78, 5) is 0. The zero-order valence-electron chi connectivity index (χ0n) is 31.4. The minimum Gasteiger partial charge on any atom is -0.309 e. The van der Waals surface area contributed by atoms with E-state index in [-0.39, 0.29) is 22.5 Å². The minimum absolute atomic E-state index is 0.0142. The number of hydrogen-bond donors (Lipinski definition) is 0. The monoisotopic (exact) mass is 797 g/mol. The van der Waals surface area contributed by atoms with E-state index >= 15 is 26.3 Å².